The van der Waals surface area contributed by atoms with E-state index in [4.69, 9.17) is 9.47 Å². The molecule has 160 valence electrons. The molecule has 2 aromatic rings. The molecule has 1 aliphatic heterocycles. The van der Waals surface area contributed by atoms with Gasteiger partial charge in [0, 0.05) is 6.07 Å². The Morgan fingerprint density at radius 3 is 2.29 bits per heavy atom. The number of fused-ring (bicyclic) bond motifs is 5. The highest BCUT2D eigenvalue weighted by Crippen LogP contribution is 2.56. The van der Waals surface area contributed by atoms with Crippen molar-refractivity contribution < 1.29 is 23.9 Å². The van der Waals surface area contributed by atoms with Crippen LogP contribution in [0.25, 0.3) is 0 Å². The summed E-state index contributed by atoms with van der Waals surface area (Å²) in [6.45, 7) is 0. The van der Waals surface area contributed by atoms with E-state index in [-0.39, 0.29) is 29.2 Å². The first-order valence-electron chi connectivity index (χ1n) is 10.5. The van der Waals surface area contributed by atoms with Gasteiger partial charge >= 0.3 is 0 Å². The molecule has 7 nitrogen and oxygen atoms in total. The second kappa shape index (κ2) is 7.41. The normalized spacial score (nSPS) is 26.2. The number of ether oxygens (including phenoxy) is 2. The molecule has 1 saturated heterocycles. The van der Waals surface area contributed by atoms with Crippen LogP contribution >= 0.6 is 0 Å². The van der Waals surface area contributed by atoms with Crippen molar-refractivity contribution >= 4 is 29.1 Å². The Bertz CT molecular complexity index is 1050. The minimum Gasteiger partial charge on any atom is -0.497 e. The fraction of sp³-hybridized carbons (Fsp3) is 0.375. The average molecular weight is 420 g/mol. The van der Waals surface area contributed by atoms with Gasteiger partial charge in [-0.05, 0) is 55.4 Å². The van der Waals surface area contributed by atoms with Gasteiger partial charge in [0.2, 0.25) is 11.8 Å². The van der Waals surface area contributed by atoms with Gasteiger partial charge in [0.1, 0.15) is 11.5 Å². The molecule has 1 N–H and O–H groups in total. The van der Waals surface area contributed by atoms with E-state index in [2.05, 4.69) is 5.32 Å². The number of methoxy groups -OCH3 is 2. The van der Waals surface area contributed by atoms with Gasteiger partial charge in [-0.2, -0.15) is 0 Å². The number of rotatable bonds is 5. The molecule has 0 unspecified atom stereocenters. The van der Waals surface area contributed by atoms with Gasteiger partial charge < -0.3 is 14.8 Å². The van der Waals surface area contributed by atoms with Crippen LogP contribution in [0.4, 0.5) is 11.4 Å². The van der Waals surface area contributed by atoms with Crippen molar-refractivity contribution in [3.8, 4) is 11.5 Å². The lowest BCUT2D eigenvalue weighted by atomic mass is 9.81. The molecule has 3 fully saturated rings. The quantitative estimate of drug-likeness (QED) is 0.749. The van der Waals surface area contributed by atoms with Gasteiger partial charge in [-0.1, -0.05) is 12.1 Å². The van der Waals surface area contributed by atoms with Crippen molar-refractivity contribution in [2.75, 3.05) is 24.4 Å². The van der Waals surface area contributed by atoms with Crippen molar-refractivity contribution in [3.05, 3.63) is 48.0 Å². The summed E-state index contributed by atoms with van der Waals surface area (Å²) in [5.41, 5.74) is 1.04. The van der Waals surface area contributed by atoms with Crippen LogP contribution in [0.1, 0.15) is 29.6 Å². The smallest absolute Gasteiger partial charge is 0.257 e. The molecule has 31 heavy (non-hydrogen) atoms. The summed E-state index contributed by atoms with van der Waals surface area (Å²) in [6, 6.07) is 11.8. The van der Waals surface area contributed by atoms with Gasteiger partial charge in [0.15, 0.2) is 0 Å². The van der Waals surface area contributed by atoms with Crippen molar-refractivity contribution in [1.82, 2.24) is 0 Å². The Morgan fingerprint density at radius 1 is 0.968 bits per heavy atom. The fourth-order valence-corrected chi connectivity index (χ4v) is 5.61. The summed E-state index contributed by atoms with van der Waals surface area (Å²) >= 11 is 0. The zero-order valence-corrected chi connectivity index (χ0v) is 17.5. The number of amides is 3. The Kier molecular flexibility index (Phi) is 4.68. The Hall–Kier alpha value is -3.35. The van der Waals surface area contributed by atoms with Crippen LogP contribution in [0, 0.1) is 23.7 Å². The first kappa shape index (κ1) is 19.6. The van der Waals surface area contributed by atoms with Crippen LogP contribution in [0.2, 0.25) is 0 Å². The summed E-state index contributed by atoms with van der Waals surface area (Å²) < 4.78 is 10.6. The molecule has 2 aliphatic carbocycles. The minimum atomic E-state index is -0.428. The second-order valence-electron chi connectivity index (χ2n) is 8.43. The first-order valence-corrected chi connectivity index (χ1v) is 10.5. The largest absolute Gasteiger partial charge is 0.497 e. The lowest BCUT2D eigenvalue weighted by molar-refractivity contribution is -0.123. The summed E-state index contributed by atoms with van der Waals surface area (Å²) in [5.74, 6) is 0.396. The first-order chi connectivity index (χ1) is 15.0. The maximum atomic E-state index is 13.2. The zero-order chi connectivity index (χ0) is 21.7. The van der Waals surface area contributed by atoms with Crippen molar-refractivity contribution in [2.45, 2.75) is 19.3 Å². The monoisotopic (exact) mass is 420 g/mol. The summed E-state index contributed by atoms with van der Waals surface area (Å²) in [5, 5.41) is 2.83. The Labute approximate surface area is 180 Å². The SMILES string of the molecule is COc1ccc(OC)c(NC(=O)c2ccccc2N2C(=O)[C@H]3[C@@H]4CC[C@H](C4)[C@@H]3C2=O)c1. The molecule has 1 heterocycles. The van der Waals surface area contributed by atoms with Crippen molar-refractivity contribution in [3.63, 3.8) is 0 Å². The fourth-order valence-electron chi connectivity index (χ4n) is 5.61. The van der Waals surface area contributed by atoms with Crippen LogP contribution in [0.15, 0.2) is 42.5 Å². The second-order valence-corrected chi connectivity index (χ2v) is 8.43. The van der Waals surface area contributed by atoms with E-state index in [0.29, 0.717) is 34.7 Å². The minimum absolute atomic E-state index is 0.165. The average Bonchev–Trinajstić information content (AvgIpc) is 3.47. The van der Waals surface area contributed by atoms with Crippen molar-refractivity contribution in [2.24, 2.45) is 23.7 Å². The van der Waals surface area contributed by atoms with E-state index < -0.39 is 5.91 Å². The zero-order valence-electron chi connectivity index (χ0n) is 17.5. The highest BCUT2D eigenvalue weighted by molar-refractivity contribution is 6.25. The number of imide groups is 1. The summed E-state index contributed by atoms with van der Waals surface area (Å²) in [7, 11) is 3.05. The third kappa shape index (κ3) is 2.99. The number of carbonyl (C=O) groups excluding carboxylic acids is 3. The number of anilines is 2. The highest BCUT2D eigenvalue weighted by Gasteiger charge is 2.61. The maximum absolute atomic E-state index is 13.2. The molecule has 3 amide bonds. The van der Waals surface area contributed by atoms with E-state index >= 15 is 0 Å². The topological polar surface area (TPSA) is 84.9 Å². The predicted molar refractivity (Wildman–Crippen MR) is 114 cm³/mol. The third-order valence-corrected chi connectivity index (χ3v) is 6.97. The van der Waals surface area contributed by atoms with Crippen LogP contribution in [-0.4, -0.2) is 31.9 Å². The van der Waals surface area contributed by atoms with Crippen LogP contribution in [-0.2, 0) is 9.59 Å². The highest BCUT2D eigenvalue weighted by atomic mass is 16.5. The Balaban J connectivity index is 1.47. The lowest BCUT2D eigenvalue weighted by Crippen LogP contribution is -2.34. The number of para-hydroxylation sites is 1. The molecule has 4 atom stereocenters. The van der Waals surface area contributed by atoms with E-state index in [1.165, 1.54) is 19.1 Å². The van der Waals surface area contributed by atoms with E-state index in [1.807, 2.05) is 0 Å². The molecular formula is C24H24N2O5. The molecule has 7 heteroatoms. The number of hydrogen-bond acceptors (Lipinski definition) is 5. The molecule has 2 aromatic carbocycles. The third-order valence-electron chi connectivity index (χ3n) is 6.97. The van der Waals surface area contributed by atoms with E-state index in [0.717, 1.165) is 19.3 Å². The summed E-state index contributed by atoms with van der Waals surface area (Å²) in [4.78, 5) is 40.9. The van der Waals surface area contributed by atoms with E-state index in [9.17, 15) is 14.4 Å². The van der Waals surface area contributed by atoms with E-state index in [1.54, 1.807) is 42.5 Å². The molecule has 0 radical (unpaired) electrons. The Morgan fingerprint density at radius 2 is 1.65 bits per heavy atom. The predicted octanol–water partition coefficient (Wildman–Crippen LogP) is 3.49. The summed E-state index contributed by atoms with van der Waals surface area (Å²) in [6.07, 6.45) is 2.99. The number of carbonyl (C=O) groups is 3. The maximum Gasteiger partial charge on any atom is 0.257 e. The number of hydrogen-bond donors (Lipinski definition) is 1. The molecule has 2 bridgehead atoms. The lowest BCUT2D eigenvalue weighted by Gasteiger charge is -2.20. The number of benzene rings is 2. The van der Waals surface area contributed by atoms with Crippen LogP contribution < -0.4 is 19.7 Å². The van der Waals surface area contributed by atoms with Gasteiger partial charge in [0.05, 0.1) is 43.0 Å². The molecular weight excluding hydrogens is 396 g/mol. The van der Waals surface area contributed by atoms with Gasteiger partial charge in [-0.15, -0.1) is 0 Å². The molecule has 3 aliphatic rings. The van der Waals surface area contributed by atoms with Gasteiger partial charge in [-0.25, -0.2) is 4.90 Å². The van der Waals surface area contributed by atoms with Gasteiger partial charge in [0.25, 0.3) is 5.91 Å². The molecule has 5 rings (SSSR count). The molecule has 2 saturated carbocycles. The molecule has 0 aromatic heterocycles. The van der Waals surface area contributed by atoms with Crippen LogP contribution in [0.3, 0.4) is 0 Å². The van der Waals surface area contributed by atoms with Crippen molar-refractivity contribution in [1.29, 1.82) is 0 Å². The molecule has 0 spiro atoms. The number of nitrogens with one attached hydrogen (secondary N) is 1. The van der Waals surface area contributed by atoms with Gasteiger partial charge in [-0.3, -0.25) is 14.4 Å². The number of nitrogens with zero attached hydrogens (tertiary/aromatic N) is 1. The standard InChI is InChI=1S/C24H24N2O5/c1-30-15-9-10-19(31-2)17(12-15)25-22(27)16-5-3-4-6-18(16)26-23(28)20-13-7-8-14(11-13)21(20)24(26)29/h3-6,9-10,12-14,20-21H,7-8,11H2,1-2H3,(H,25,27)/t13-,14-,20+,21+/m1/s1. The van der Waals surface area contributed by atoms with Crippen LogP contribution in [0.5, 0.6) is 11.5 Å².